The summed E-state index contributed by atoms with van der Waals surface area (Å²) in [6, 6.07) is 10.5. The minimum Gasteiger partial charge on any atom is -0.493 e. The first-order valence-electron chi connectivity index (χ1n) is 10.2. The topological polar surface area (TPSA) is 103 Å². The number of nitrogens with one attached hydrogen (secondary N) is 1. The zero-order valence-corrected chi connectivity index (χ0v) is 18.2. The Balaban J connectivity index is 1.45. The van der Waals surface area contributed by atoms with E-state index >= 15 is 0 Å². The van der Waals surface area contributed by atoms with Crippen LogP contribution in [0.4, 0.5) is 5.82 Å². The van der Waals surface area contributed by atoms with Gasteiger partial charge in [0.1, 0.15) is 36.7 Å². The molecule has 1 aromatic heterocycles. The van der Waals surface area contributed by atoms with Crippen LogP contribution in [0.5, 0.6) is 17.2 Å². The molecule has 0 amide bonds. The van der Waals surface area contributed by atoms with E-state index in [0.29, 0.717) is 66.6 Å². The summed E-state index contributed by atoms with van der Waals surface area (Å²) in [5.74, 6) is 1.18. The second kappa shape index (κ2) is 9.74. The van der Waals surface area contributed by atoms with Crippen molar-refractivity contribution >= 4 is 23.4 Å². The Hall–Kier alpha value is -3.52. The van der Waals surface area contributed by atoms with Gasteiger partial charge < -0.3 is 24.6 Å². The third kappa shape index (κ3) is 4.86. The van der Waals surface area contributed by atoms with Crippen LogP contribution in [0.1, 0.15) is 22.8 Å². The molecule has 0 aliphatic carbocycles. The van der Waals surface area contributed by atoms with Crippen molar-refractivity contribution < 1.29 is 24.1 Å². The molecule has 0 saturated carbocycles. The molecule has 0 saturated heterocycles. The molecule has 0 atom stereocenters. The molecule has 9 heteroatoms. The monoisotopic (exact) mass is 455 g/mol. The minimum absolute atomic E-state index is 0.112. The molecule has 3 aromatic rings. The Morgan fingerprint density at radius 2 is 2.03 bits per heavy atom. The van der Waals surface area contributed by atoms with Gasteiger partial charge >= 0.3 is 5.97 Å². The largest absolute Gasteiger partial charge is 0.493 e. The first kappa shape index (κ1) is 21.7. The quantitative estimate of drug-likeness (QED) is 0.517. The molecule has 0 unspecified atom stereocenters. The lowest BCUT2D eigenvalue weighted by Gasteiger charge is -2.20. The second-order valence-corrected chi connectivity index (χ2v) is 7.42. The van der Waals surface area contributed by atoms with Gasteiger partial charge in [-0.3, -0.25) is 0 Å². The van der Waals surface area contributed by atoms with Gasteiger partial charge in [-0.05, 0) is 43.2 Å². The Bertz CT molecular complexity index is 1140. The van der Waals surface area contributed by atoms with Crippen molar-refractivity contribution in [2.24, 2.45) is 0 Å². The molecule has 32 heavy (non-hydrogen) atoms. The van der Waals surface area contributed by atoms with Gasteiger partial charge in [-0.1, -0.05) is 17.7 Å². The number of aromatic carboxylic acids is 1. The number of hydrogen-bond acceptors (Lipinski definition) is 7. The van der Waals surface area contributed by atoms with Crippen LogP contribution < -0.4 is 19.5 Å². The molecule has 4 rings (SSSR count). The maximum Gasteiger partial charge on any atom is 0.339 e. The van der Waals surface area contributed by atoms with Gasteiger partial charge in [-0.25, -0.2) is 14.8 Å². The molecule has 2 N–H and O–H groups in total. The van der Waals surface area contributed by atoms with Crippen molar-refractivity contribution in [1.82, 2.24) is 9.97 Å². The molecule has 0 bridgehead atoms. The number of rotatable bonds is 8. The fourth-order valence-electron chi connectivity index (χ4n) is 3.39. The van der Waals surface area contributed by atoms with Gasteiger partial charge in [0.05, 0.1) is 17.3 Å². The van der Waals surface area contributed by atoms with Crippen LogP contribution >= 0.6 is 11.6 Å². The Morgan fingerprint density at radius 3 is 2.84 bits per heavy atom. The number of hydrogen-bond donors (Lipinski definition) is 2. The lowest BCUT2D eigenvalue weighted by atomic mass is 10.1. The van der Waals surface area contributed by atoms with Crippen LogP contribution in [0.2, 0.25) is 5.02 Å². The van der Waals surface area contributed by atoms with Crippen molar-refractivity contribution in [1.29, 1.82) is 0 Å². The SMILES string of the molecule is CCOc1cc(-c2cc(NCCc3cc(Cl)c4c(c3)OCCO4)ncn2)ccc1C(=O)O. The van der Waals surface area contributed by atoms with E-state index in [-0.39, 0.29) is 5.56 Å². The van der Waals surface area contributed by atoms with Gasteiger partial charge in [0.15, 0.2) is 11.5 Å². The zero-order valence-electron chi connectivity index (χ0n) is 17.4. The molecule has 2 aromatic carbocycles. The highest BCUT2D eigenvalue weighted by Gasteiger charge is 2.17. The Morgan fingerprint density at radius 1 is 1.19 bits per heavy atom. The third-order valence-corrected chi connectivity index (χ3v) is 5.13. The third-order valence-electron chi connectivity index (χ3n) is 4.85. The van der Waals surface area contributed by atoms with E-state index in [2.05, 4.69) is 15.3 Å². The maximum absolute atomic E-state index is 11.4. The average molecular weight is 456 g/mol. The first-order valence-corrected chi connectivity index (χ1v) is 10.6. The van der Waals surface area contributed by atoms with Crippen LogP contribution in [-0.4, -0.2) is 47.4 Å². The smallest absolute Gasteiger partial charge is 0.339 e. The number of fused-ring (bicyclic) bond motifs is 1. The summed E-state index contributed by atoms with van der Waals surface area (Å²) in [4.78, 5) is 20.0. The Kier molecular flexibility index (Phi) is 6.61. The number of ether oxygens (including phenoxy) is 3. The number of halogens is 1. The highest BCUT2D eigenvalue weighted by Crippen LogP contribution is 2.38. The van der Waals surface area contributed by atoms with Crippen LogP contribution in [0, 0.1) is 0 Å². The summed E-state index contributed by atoms with van der Waals surface area (Å²) in [5, 5.41) is 13.2. The van der Waals surface area contributed by atoms with E-state index in [0.717, 1.165) is 11.1 Å². The molecule has 1 aliphatic rings. The minimum atomic E-state index is -1.04. The van der Waals surface area contributed by atoms with Crippen molar-refractivity contribution in [3.8, 4) is 28.5 Å². The van der Waals surface area contributed by atoms with Crippen LogP contribution in [-0.2, 0) is 6.42 Å². The normalized spacial score (nSPS) is 12.3. The summed E-state index contributed by atoms with van der Waals surface area (Å²) < 4.78 is 16.7. The first-order chi connectivity index (χ1) is 15.5. The second-order valence-electron chi connectivity index (χ2n) is 7.02. The van der Waals surface area contributed by atoms with E-state index < -0.39 is 5.97 Å². The fraction of sp³-hybridized carbons (Fsp3) is 0.261. The number of aromatic nitrogens is 2. The average Bonchev–Trinajstić information content (AvgIpc) is 2.79. The van der Waals surface area contributed by atoms with Crippen LogP contribution in [0.3, 0.4) is 0 Å². The lowest BCUT2D eigenvalue weighted by molar-refractivity contribution is 0.0692. The fourth-order valence-corrected chi connectivity index (χ4v) is 3.68. The summed E-state index contributed by atoms with van der Waals surface area (Å²) in [7, 11) is 0. The number of anilines is 1. The molecule has 8 nitrogen and oxygen atoms in total. The number of carbonyl (C=O) groups is 1. The van der Waals surface area contributed by atoms with Crippen molar-refractivity contribution in [2.45, 2.75) is 13.3 Å². The molecule has 0 fully saturated rings. The molecular weight excluding hydrogens is 434 g/mol. The molecule has 2 heterocycles. The van der Waals surface area contributed by atoms with Gasteiger partial charge in [0.2, 0.25) is 0 Å². The number of nitrogens with zero attached hydrogens (tertiary/aromatic N) is 2. The van der Waals surface area contributed by atoms with Gasteiger partial charge in [0, 0.05) is 18.2 Å². The Labute approximate surface area is 190 Å². The van der Waals surface area contributed by atoms with Crippen molar-refractivity contribution in [3.05, 3.63) is 58.9 Å². The van der Waals surface area contributed by atoms with E-state index in [1.807, 2.05) is 18.2 Å². The van der Waals surface area contributed by atoms with Gasteiger partial charge in [-0.15, -0.1) is 0 Å². The molecular formula is C23H22ClN3O5. The predicted octanol–water partition coefficient (Wildman–Crippen LogP) is 4.32. The highest BCUT2D eigenvalue weighted by molar-refractivity contribution is 6.32. The van der Waals surface area contributed by atoms with Crippen molar-refractivity contribution in [2.75, 3.05) is 31.7 Å². The van der Waals surface area contributed by atoms with E-state index in [4.69, 9.17) is 25.8 Å². The summed E-state index contributed by atoms with van der Waals surface area (Å²) in [5.41, 5.74) is 2.53. The maximum atomic E-state index is 11.4. The molecule has 0 radical (unpaired) electrons. The summed E-state index contributed by atoms with van der Waals surface area (Å²) in [6.07, 6.45) is 2.17. The zero-order chi connectivity index (χ0) is 22.5. The van der Waals surface area contributed by atoms with Gasteiger partial charge in [-0.2, -0.15) is 0 Å². The molecule has 0 spiro atoms. The molecule has 1 aliphatic heterocycles. The van der Waals surface area contributed by atoms with E-state index in [1.165, 1.54) is 12.4 Å². The van der Waals surface area contributed by atoms with Crippen LogP contribution in [0.25, 0.3) is 11.3 Å². The number of benzene rings is 2. The standard InChI is InChI=1S/C23H22ClN3O5/c1-2-30-19-11-15(3-4-16(19)23(28)29)18-12-21(27-13-26-18)25-6-5-14-9-17(24)22-20(10-14)31-7-8-32-22/h3-4,9-13H,2,5-8H2,1H3,(H,28,29)(H,25,26,27). The number of carboxylic acid groups (broad SMARTS) is 1. The van der Waals surface area contributed by atoms with Crippen molar-refractivity contribution in [3.63, 3.8) is 0 Å². The van der Waals surface area contributed by atoms with E-state index in [9.17, 15) is 9.90 Å². The summed E-state index contributed by atoms with van der Waals surface area (Å²) >= 11 is 6.30. The van der Waals surface area contributed by atoms with Crippen LogP contribution in [0.15, 0.2) is 42.7 Å². The summed E-state index contributed by atoms with van der Waals surface area (Å²) in [6.45, 7) is 3.79. The van der Waals surface area contributed by atoms with Gasteiger partial charge in [0.25, 0.3) is 0 Å². The van der Waals surface area contributed by atoms with E-state index in [1.54, 1.807) is 19.1 Å². The number of carboxylic acids is 1. The predicted molar refractivity (Wildman–Crippen MR) is 120 cm³/mol. The highest BCUT2D eigenvalue weighted by atomic mass is 35.5. The molecule has 166 valence electrons. The lowest BCUT2D eigenvalue weighted by Crippen LogP contribution is -2.16.